The van der Waals surface area contributed by atoms with E-state index in [1.165, 1.54) is 16.9 Å². The molecule has 180 valence electrons. The number of amides is 1. The molecule has 0 unspecified atom stereocenters. The molecule has 0 saturated carbocycles. The molecule has 1 aliphatic heterocycles. The topological polar surface area (TPSA) is 77.8 Å². The molecule has 1 saturated heterocycles. The third-order valence-corrected chi connectivity index (χ3v) is 7.95. The van der Waals surface area contributed by atoms with E-state index in [0.717, 1.165) is 62.7 Å². The molecule has 0 radical (unpaired) electrons. The van der Waals surface area contributed by atoms with Gasteiger partial charge in [-0.05, 0) is 75.0 Å². The first-order valence-electron chi connectivity index (χ1n) is 12.3. The SMILES string of the molecule is C[C@@H](CCCCc1ccccc1)[C@H](O)CC[C@H]1CCC(=O)N1CCCc1ccc(C(=O)O)s1. The maximum Gasteiger partial charge on any atom is 0.345 e. The maximum absolute atomic E-state index is 12.4. The van der Waals surface area contributed by atoms with Crippen LogP contribution in [0, 0.1) is 5.92 Å². The second-order valence-electron chi connectivity index (χ2n) is 9.31. The number of benzene rings is 1. The second-order valence-corrected chi connectivity index (χ2v) is 10.5. The fraction of sp³-hybridized carbons (Fsp3) is 0.556. The lowest BCUT2D eigenvalue weighted by molar-refractivity contribution is -0.129. The highest BCUT2D eigenvalue weighted by molar-refractivity contribution is 7.13. The quantitative estimate of drug-likeness (QED) is 0.354. The zero-order chi connectivity index (χ0) is 23.6. The van der Waals surface area contributed by atoms with Crippen molar-refractivity contribution in [3.8, 4) is 0 Å². The summed E-state index contributed by atoms with van der Waals surface area (Å²) in [6, 6.07) is 14.3. The Labute approximate surface area is 201 Å². The van der Waals surface area contributed by atoms with Crippen molar-refractivity contribution in [2.24, 2.45) is 5.92 Å². The van der Waals surface area contributed by atoms with E-state index in [1.54, 1.807) is 6.07 Å². The van der Waals surface area contributed by atoms with Gasteiger partial charge in [-0.25, -0.2) is 4.79 Å². The van der Waals surface area contributed by atoms with Crippen LogP contribution >= 0.6 is 11.3 Å². The number of aromatic carboxylic acids is 1. The van der Waals surface area contributed by atoms with Gasteiger partial charge in [-0.15, -0.1) is 11.3 Å². The number of rotatable bonds is 14. The van der Waals surface area contributed by atoms with E-state index in [2.05, 4.69) is 31.2 Å². The molecule has 1 aromatic heterocycles. The summed E-state index contributed by atoms with van der Waals surface area (Å²) in [7, 11) is 0. The van der Waals surface area contributed by atoms with Crippen molar-refractivity contribution >= 4 is 23.2 Å². The van der Waals surface area contributed by atoms with Gasteiger partial charge in [0.15, 0.2) is 0 Å². The van der Waals surface area contributed by atoms with Crippen LogP contribution < -0.4 is 0 Å². The molecule has 3 atom stereocenters. The summed E-state index contributed by atoms with van der Waals surface area (Å²) < 4.78 is 0. The molecule has 5 nitrogen and oxygen atoms in total. The molecule has 1 fully saturated rings. The number of nitrogens with zero attached hydrogens (tertiary/aromatic N) is 1. The number of hydrogen-bond donors (Lipinski definition) is 2. The molecule has 0 aliphatic carbocycles. The Morgan fingerprint density at radius 3 is 2.61 bits per heavy atom. The highest BCUT2D eigenvalue weighted by atomic mass is 32.1. The van der Waals surface area contributed by atoms with Gasteiger partial charge in [0.1, 0.15) is 4.88 Å². The van der Waals surface area contributed by atoms with Crippen LogP contribution in [-0.4, -0.2) is 45.7 Å². The van der Waals surface area contributed by atoms with Crippen molar-refractivity contribution < 1.29 is 19.8 Å². The Hall–Kier alpha value is -2.18. The average molecular weight is 472 g/mol. The molecule has 2 N–H and O–H groups in total. The summed E-state index contributed by atoms with van der Waals surface area (Å²) in [5.74, 6) is -0.403. The average Bonchev–Trinajstić information content (AvgIpc) is 3.43. The van der Waals surface area contributed by atoms with Crippen LogP contribution in [-0.2, 0) is 17.6 Å². The standard InChI is InChI=1S/C27H37NO4S/c1-20(8-5-6-11-21-9-3-2-4-10-21)24(29)16-13-22-14-18-26(30)28(22)19-7-12-23-15-17-25(33-23)27(31)32/h2-4,9-10,15,17,20,22,24,29H,5-8,11-14,16,18-19H2,1H3,(H,31,32)/t20-,22-,24+/m0/s1. The minimum atomic E-state index is -0.884. The van der Waals surface area contributed by atoms with Crippen LogP contribution in [0.1, 0.15) is 78.4 Å². The van der Waals surface area contributed by atoms with E-state index in [1.807, 2.05) is 17.0 Å². The van der Waals surface area contributed by atoms with Gasteiger partial charge < -0.3 is 15.1 Å². The van der Waals surface area contributed by atoms with Gasteiger partial charge in [-0.3, -0.25) is 4.79 Å². The molecule has 1 aliphatic rings. The molecule has 0 bridgehead atoms. The Kier molecular flexibility index (Phi) is 9.95. The lowest BCUT2D eigenvalue weighted by atomic mass is 9.92. The first kappa shape index (κ1) is 25.4. The van der Waals surface area contributed by atoms with Gasteiger partial charge in [0.2, 0.25) is 5.91 Å². The minimum Gasteiger partial charge on any atom is -0.477 e. The number of carboxylic acids is 1. The summed E-state index contributed by atoms with van der Waals surface area (Å²) in [5, 5.41) is 19.7. The molecule has 1 amide bonds. The molecule has 1 aromatic carbocycles. The van der Waals surface area contributed by atoms with Crippen molar-refractivity contribution in [2.45, 2.75) is 83.3 Å². The van der Waals surface area contributed by atoms with Crippen LogP contribution in [0.4, 0.5) is 0 Å². The number of carboxylic acid groups (broad SMARTS) is 1. The summed E-state index contributed by atoms with van der Waals surface area (Å²) in [4.78, 5) is 26.8. The molecular weight excluding hydrogens is 434 g/mol. The van der Waals surface area contributed by atoms with Crippen molar-refractivity contribution in [1.29, 1.82) is 0 Å². The summed E-state index contributed by atoms with van der Waals surface area (Å²) in [6.07, 6.45) is 8.74. The van der Waals surface area contributed by atoms with Gasteiger partial charge in [-0.1, -0.05) is 43.7 Å². The highest BCUT2D eigenvalue weighted by Crippen LogP contribution is 2.26. The largest absolute Gasteiger partial charge is 0.477 e. The van der Waals surface area contributed by atoms with Crippen molar-refractivity contribution in [3.63, 3.8) is 0 Å². The van der Waals surface area contributed by atoms with Crippen LogP contribution in [0.15, 0.2) is 42.5 Å². The highest BCUT2D eigenvalue weighted by Gasteiger charge is 2.31. The zero-order valence-corrected chi connectivity index (χ0v) is 20.4. The minimum absolute atomic E-state index is 0.209. The number of thiophene rings is 1. The van der Waals surface area contributed by atoms with Gasteiger partial charge >= 0.3 is 5.97 Å². The number of carbonyl (C=O) groups is 2. The Bertz CT molecular complexity index is 881. The predicted octanol–water partition coefficient (Wildman–Crippen LogP) is 5.56. The van der Waals surface area contributed by atoms with Crippen molar-refractivity contribution in [3.05, 3.63) is 57.8 Å². The van der Waals surface area contributed by atoms with Gasteiger partial charge in [0, 0.05) is 23.9 Å². The zero-order valence-electron chi connectivity index (χ0n) is 19.6. The first-order chi connectivity index (χ1) is 15.9. The van der Waals surface area contributed by atoms with E-state index in [0.29, 0.717) is 17.8 Å². The number of aliphatic hydroxyl groups is 1. The van der Waals surface area contributed by atoms with Crippen LogP contribution in [0.5, 0.6) is 0 Å². The Morgan fingerprint density at radius 2 is 1.88 bits per heavy atom. The van der Waals surface area contributed by atoms with E-state index in [9.17, 15) is 14.7 Å². The number of carbonyl (C=O) groups excluding carboxylic acids is 1. The summed E-state index contributed by atoms with van der Waals surface area (Å²) in [5.41, 5.74) is 1.37. The Balaban J connectivity index is 1.34. The Morgan fingerprint density at radius 1 is 1.09 bits per heavy atom. The van der Waals surface area contributed by atoms with Crippen LogP contribution in [0.3, 0.4) is 0 Å². The third kappa shape index (κ3) is 7.97. The molecule has 3 rings (SSSR count). The second kappa shape index (κ2) is 12.9. The predicted molar refractivity (Wildman–Crippen MR) is 133 cm³/mol. The molecule has 2 heterocycles. The third-order valence-electron chi connectivity index (χ3n) is 6.82. The van der Waals surface area contributed by atoms with E-state index in [-0.39, 0.29) is 24.0 Å². The summed E-state index contributed by atoms with van der Waals surface area (Å²) >= 11 is 1.31. The number of hydrogen-bond acceptors (Lipinski definition) is 4. The number of aryl methyl sites for hydroxylation is 2. The summed E-state index contributed by atoms with van der Waals surface area (Å²) in [6.45, 7) is 2.84. The van der Waals surface area contributed by atoms with Gasteiger partial charge in [0.05, 0.1) is 6.10 Å². The van der Waals surface area contributed by atoms with Crippen LogP contribution in [0.25, 0.3) is 0 Å². The maximum atomic E-state index is 12.4. The first-order valence-corrected chi connectivity index (χ1v) is 13.1. The number of unbranched alkanes of at least 4 members (excludes halogenated alkanes) is 1. The van der Waals surface area contributed by atoms with Crippen LogP contribution in [0.2, 0.25) is 0 Å². The van der Waals surface area contributed by atoms with E-state index >= 15 is 0 Å². The smallest absolute Gasteiger partial charge is 0.345 e. The lowest BCUT2D eigenvalue weighted by Crippen LogP contribution is -2.35. The van der Waals surface area contributed by atoms with E-state index < -0.39 is 5.97 Å². The normalized spacial score (nSPS) is 17.9. The van der Waals surface area contributed by atoms with Crippen molar-refractivity contribution in [2.75, 3.05) is 6.54 Å². The molecule has 2 aromatic rings. The fourth-order valence-corrected chi connectivity index (χ4v) is 5.62. The monoisotopic (exact) mass is 471 g/mol. The molecule has 0 spiro atoms. The van der Waals surface area contributed by atoms with Gasteiger partial charge in [0.25, 0.3) is 0 Å². The molecule has 33 heavy (non-hydrogen) atoms. The number of aliphatic hydroxyl groups excluding tert-OH is 1. The fourth-order valence-electron chi connectivity index (χ4n) is 4.73. The lowest BCUT2D eigenvalue weighted by Gasteiger charge is -2.27. The molecular formula is C27H37NO4S. The van der Waals surface area contributed by atoms with Crippen molar-refractivity contribution in [1.82, 2.24) is 4.90 Å². The molecule has 6 heteroatoms. The van der Waals surface area contributed by atoms with E-state index in [4.69, 9.17) is 5.11 Å². The number of likely N-dealkylation sites (tertiary alicyclic amines) is 1. The van der Waals surface area contributed by atoms with Gasteiger partial charge in [-0.2, -0.15) is 0 Å².